The summed E-state index contributed by atoms with van der Waals surface area (Å²) in [5.41, 5.74) is 5.37. The van der Waals surface area contributed by atoms with Gasteiger partial charge in [-0.15, -0.1) is 0 Å². The molecule has 4 bridgehead atoms. The third-order valence-corrected chi connectivity index (χ3v) is 7.05. The fourth-order valence-corrected chi connectivity index (χ4v) is 6.20. The number of piperazine rings is 1. The zero-order valence-corrected chi connectivity index (χ0v) is 14.2. The lowest BCUT2D eigenvalue weighted by Gasteiger charge is -2.57. The number of carbonyl (C=O) groups is 2. The Morgan fingerprint density at radius 1 is 0.957 bits per heavy atom. The van der Waals surface area contributed by atoms with Gasteiger partial charge < -0.3 is 10.6 Å². The van der Waals surface area contributed by atoms with Crippen molar-refractivity contribution in [2.24, 2.45) is 28.9 Å². The first-order valence-electron chi connectivity index (χ1n) is 9.29. The van der Waals surface area contributed by atoms with E-state index in [-0.39, 0.29) is 17.4 Å². The molecule has 4 aliphatic carbocycles. The lowest BCUT2D eigenvalue weighted by Crippen LogP contribution is -2.59. The van der Waals surface area contributed by atoms with Gasteiger partial charge in [0, 0.05) is 26.2 Å². The number of rotatable bonds is 3. The second-order valence-electron chi connectivity index (χ2n) is 8.60. The maximum Gasteiger partial charge on any atom is 0.234 e. The van der Waals surface area contributed by atoms with Crippen molar-refractivity contribution >= 4 is 11.8 Å². The molecule has 4 saturated carbocycles. The van der Waals surface area contributed by atoms with Gasteiger partial charge in [0.05, 0.1) is 11.5 Å². The molecule has 128 valence electrons. The summed E-state index contributed by atoms with van der Waals surface area (Å²) in [5, 5.41) is 0. The van der Waals surface area contributed by atoms with E-state index in [1.807, 2.05) is 6.92 Å². The highest BCUT2D eigenvalue weighted by atomic mass is 16.2. The van der Waals surface area contributed by atoms with Crippen LogP contribution >= 0.6 is 0 Å². The molecule has 1 unspecified atom stereocenters. The third-order valence-electron chi connectivity index (χ3n) is 7.05. The van der Waals surface area contributed by atoms with Crippen LogP contribution in [-0.4, -0.2) is 53.8 Å². The van der Waals surface area contributed by atoms with Crippen LogP contribution in [0.1, 0.15) is 45.4 Å². The van der Waals surface area contributed by atoms with E-state index >= 15 is 0 Å². The summed E-state index contributed by atoms with van der Waals surface area (Å²) in [6.45, 7) is 4.89. The fourth-order valence-electron chi connectivity index (χ4n) is 6.20. The average molecular weight is 319 g/mol. The van der Waals surface area contributed by atoms with Crippen LogP contribution in [0.4, 0.5) is 0 Å². The Morgan fingerprint density at radius 2 is 1.43 bits per heavy atom. The van der Waals surface area contributed by atoms with Gasteiger partial charge in [-0.1, -0.05) is 0 Å². The highest BCUT2D eigenvalue weighted by molar-refractivity contribution is 5.83. The maximum atomic E-state index is 13.3. The van der Waals surface area contributed by atoms with Gasteiger partial charge in [0.15, 0.2) is 0 Å². The summed E-state index contributed by atoms with van der Waals surface area (Å²) < 4.78 is 0. The summed E-state index contributed by atoms with van der Waals surface area (Å²) in [6, 6.07) is -0.230. The molecule has 5 rings (SSSR count). The Bertz CT molecular complexity index is 475. The number of primary amides is 1. The van der Waals surface area contributed by atoms with Crippen LogP contribution in [0.15, 0.2) is 0 Å². The topological polar surface area (TPSA) is 66.6 Å². The zero-order chi connectivity index (χ0) is 16.2. The first kappa shape index (κ1) is 15.4. The number of carbonyl (C=O) groups excluding carboxylic acids is 2. The molecule has 0 radical (unpaired) electrons. The minimum Gasteiger partial charge on any atom is -0.368 e. The zero-order valence-electron chi connectivity index (χ0n) is 14.2. The Morgan fingerprint density at radius 3 is 1.87 bits per heavy atom. The highest BCUT2D eigenvalue weighted by Crippen LogP contribution is 2.60. The van der Waals surface area contributed by atoms with Gasteiger partial charge >= 0.3 is 0 Å². The standard InChI is InChI=1S/C18H29N3O2/c1-12(16(19)22)20-2-4-21(5-3-20)17(23)18-9-13-6-14(10-18)8-15(7-13)11-18/h12-15H,2-11H2,1H3,(H2,19,22). The van der Waals surface area contributed by atoms with E-state index in [0.717, 1.165) is 63.2 Å². The number of nitrogens with two attached hydrogens (primary N) is 1. The molecule has 1 heterocycles. The predicted molar refractivity (Wildman–Crippen MR) is 87.4 cm³/mol. The quantitative estimate of drug-likeness (QED) is 0.850. The van der Waals surface area contributed by atoms with Gasteiger partial charge in [-0.3, -0.25) is 14.5 Å². The molecule has 5 aliphatic rings. The Kier molecular flexibility index (Phi) is 3.67. The molecule has 0 aromatic rings. The van der Waals surface area contributed by atoms with Crippen molar-refractivity contribution in [1.29, 1.82) is 0 Å². The summed E-state index contributed by atoms with van der Waals surface area (Å²) >= 11 is 0. The fraction of sp³-hybridized carbons (Fsp3) is 0.889. The number of nitrogens with zero attached hydrogens (tertiary/aromatic N) is 2. The summed E-state index contributed by atoms with van der Waals surface area (Å²) in [4.78, 5) is 28.8. The summed E-state index contributed by atoms with van der Waals surface area (Å²) in [5.74, 6) is 2.57. The van der Waals surface area contributed by atoms with Gasteiger partial charge in [-0.05, 0) is 63.2 Å². The van der Waals surface area contributed by atoms with Crippen molar-refractivity contribution in [3.63, 3.8) is 0 Å². The minimum absolute atomic E-state index is 0.0355. The predicted octanol–water partition coefficient (Wildman–Crippen LogP) is 1.22. The van der Waals surface area contributed by atoms with Crippen molar-refractivity contribution in [3.8, 4) is 0 Å². The van der Waals surface area contributed by atoms with Gasteiger partial charge in [-0.25, -0.2) is 0 Å². The Balaban J connectivity index is 1.42. The minimum atomic E-state index is -0.272. The van der Waals surface area contributed by atoms with Crippen molar-refractivity contribution in [1.82, 2.24) is 9.80 Å². The van der Waals surface area contributed by atoms with Gasteiger partial charge in [0.25, 0.3) is 0 Å². The number of hydrogen-bond acceptors (Lipinski definition) is 3. The van der Waals surface area contributed by atoms with E-state index in [9.17, 15) is 9.59 Å². The largest absolute Gasteiger partial charge is 0.368 e. The van der Waals surface area contributed by atoms with E-state index in [4.69, 9.17) is 5.73 Å². The molecule has 23 heavy (non-hydrogen) atoms. The van der Waals surface area contributed by atoms with Crippen molar-refractivity contribution < 1.29 is 9.59 Å². The molecular formula is C18H29N3O2. The highest BCUT2D eigenvalue weighted by Gasteiger charge is 2.55. The molecule has 5 nitrogen and oxygen atoms in total. The van der Waals surface area contributed by atoms with E-state index in [0.29, 0.717) is 5.91 Å². The van der Waals surface area contributed by atoms with Crippen LogP contribution in [-0.2, 0) is 9.59 Å². The molecule has 5 heteroatoms. The van der Waals surface area contributed by atoms with Crippen molar-refractivity contribution in [2.75, 3.05) is 26.2 Å². The first-order valence-corrected chi connectivity index (χ1v) is 9.29. The summed E-state index contributed by atoms with van der Waals surface area (Å²) in [6.07, 6.45) is 7.52. The second-order valence-corrected chi connectivity index (χ2v) is 8.60. The maximum absolute atomic E-state index is 13.3. The monoisotopic (exact) mass is 319 g/mol. The lowest BCUT2D eigenvalue weighted by molar-refractivity contribution is -0.159. The number of amides is 2. The smallest absolute Gasteiger partial charge is 0.234 e. The SMILES string of the molecule is CC(C(N)=O)N1CCN(C(=O)C23CC4CC(CC(C4)C2)C3)CC1. The Hall–Kier alpha value is -1.10. The number of hydrogen-bond donors (Lipinski definition) is 1. The van der Waals surface area contributed by atoms with Gasteiger partial charge in [-0.2, -0.15) is 0 Å². The average Bonchev–Trinajstić information content (AvgIpc) is 2.52. The Labute approximate surface area is 138 Å². The molecule has 1 saturated heterocycles. The van der Waals surface area contributed by atoms with E-state index in [1.54, 1.807) is 0 Å². The van der Waals surface area contributed by atoms with Crippen LogP contribution in [0, 0.1) is 23.2 Å². The molecule has 5 fully saturated rings. The van der Waals surface area contributed by atoms with E-state index in [1.165, 1.54) is 19.3 Å². The molecule has 2 N–H and O–H groups in total. The van der Waals surface area contributed by atoms with Crippen LogP contribution < -0.4 is 5.73 Å². The molecule has 0 aromatic carbocycles. The van der Waals surface area contributed by atoms with E-state index < -0.39 is 0 Å². The van der Waals surface area contributed by atoms with Crippen molar-refractivity contribution in [3.05, 3.63) is 0 Å². The normalized spacial score (nSPS) is 41.1. The molecule has 1 aliphatic heterocycles. The first-order chi connectivity index (χ1) is 11.0. The van der Waals surface area contributed by atoms with Gasteiger partial charge in [0.1, 0.15) is 0 Å². The van der Waals surface area contributed by atoms with Crippen LogP contribution in [0.3, 0.4) is 0 Å². The molecule has 2 amide bonds. The van der Waals surface area contributed by atoms with Gasteiger partial charge in [0.2, 0.25) is 11.8 Å². The van der Waals surface area contributed by atoms with E-state index in [2.05, 4.69) is 9.80 Å². The van der Waals surface area contributed by atoms with Crippen LogP contribution in [0.2, 0.25) is 0 Å². The summed E-state index contributed by atoms with van der Waals surface area (Å²) in [7, 11) is 0. The second kappa shape index (κ2) is 5.47. The van der Waals surface area contributed by atoms with Crippen LogP contribution in [0.25, 0.3) is 0 Å². The van der Waals surface area contributed by atoms with Crippen molar-refractivity contribution in [2.45, 2.75) is 51.5 Å². The van der Waals surface area contributed by atoms with Crippen LogP contribution in [0.5, 0.6) is 0 Å². The lowest BCUT2D eigenvalue weighted by atomic mass is 9.49. The molecule has 0 spiro atoms. The molecule has 1 atom stereocenters. The molecule has 0 aromatic heterocycles. The third kappa shape index (κ3) is 2.57. The molecular weight excluding hydrogens is 290 g/mol.